The van der Waals surface area contributed by atoms with Crippen LogP contribution >= 0.6 is 0 Å². The van der Waals surface area contributed by atoms with Crippen molar-refractivity contribution in [1.29, 1.82) is 0 Å². The Kier molecular flexibility index (Phi) is 2.86. The molecular formula is C12H21N3O. The second-order valence-electron chi connectivity index (χ2n) is 5.24. The van der Waals surface area contributed by atoms with E-state index < -0.39 is 0 Å². The van der Waals surface area contributed by atoms with E-state index in [9.17, 15) is 4.79 Å². The zero-order valence-corrected chi connectivity index (χ0v) is 9.82. The van der Waals surface area contributed by atoms with Gasteiger partial charge in [-0.3, -0.25) is 9.69 Å². The van der Waals surface area contributed by atoms with Crippen LogP contribution in [0.1, 0.15) is 25.7 Å². The number of hydrogen-bond acceptors (Lipinski definition) is 3. The van der Waals surface area contributed by atoms with Gasteiger partial charge in [0.25, 0.3) is 0 Å². The van der Waals surface area contributed by atoms with Crippen LogP contribution in [0, 0.1) is 0 Å². The van der Waals surface area contributed by atoms with Crippen LogP contribution in [-0.4, -0.2) is 60.5 Å². The molecule has 0 spiro atoms. The third-order valence-corrected chi connectivity index (χ3v) is 4.05. The molecule has 4 nitrogen and oxygen atoms in total. The molecule has 4 heteroatoms. The van der Waals surface area contributed by atoms with Gasteiger partial charge in [0.15, 0.2) is 0 Å². The molecule has 0 bridgehead atoms. The first-order valence-electron chi connectivity index (χ1n) is 6.61. The van der Waals surface area contributed by atoms with E-state index in [0.717, 1.165) is 51.6 Å². The van der Waals surface area contributed by atoms with Crippen LogP contribution in [0.4, 0.5) is 0 Å². The van der Waals surface area contributed by atoms with Gasteiger partial charge in [-0.15, -0.1) is 0 Å². The quantitative estimate of drug-likeness (QED) is 0.718. The molecule has 1 aliphatic carbocycles. The second-order valence-corrected chi connectivity index (χ2v) is 5.24. The summed E-state index contributed by atoms with van der Waals surface area (Å²) in [5.41, 5.74) is 0. The van der Waals surface area contributed by atoms with Gasteiger partial charge in [0, 0.05) is 32.2 Å². The number of amides is 1. The molecule has 3 fully saturated rings. The van der Waals surface area contributed by atoms with E-state index in [-0.39, 0.29) is 6.04 Å². The number of carbonyl (C=O) groups excluding carboxylic acids is 1. The van der Waals surface area contributed by atoms with Crippen LogP contribution in [0.25, 0.3) is 0 Å². The fraction of sp³-hybridized carbons (Fsp3) is 0.917. The highest BCUT2D eigenvalue weighted by atomic mass is 16.2. The van der Waals surface area contributed by atoms with Crippen molar-refractivity contribution in [3.05, 3.63) is 0 Å². The third-order valence-electron chi connectivity index (χ3n) is 4.05. The highest BCUT2D eigenvalue weighted by Gasteiger charge is 2.34. The molecular weight excluding hydrogens is 202 g/mol. The Morgan fingerprint density at radius 3 is 2.38 bits per heavy atom. The fourth-order valence-electron chi connectivity index (χ4n) is 2.86. The summed E-state index contributed by atoms with van der Waals surface area (Å²) >= 11 is 0. The molecule has 3 rings (SSSR count). The van der Waals surface area contributed by atoms with Crippen LogP contribution in [0.2, 0.25) is 0 Å². The van der Waals surface area contributed by atoms with Crippen molar-refractivity contribution in [3.63, 3.8) is 0 Å². The minimum atomic E-state index is 0.118. The minimum Gasteiger partial charge on any atom is -0.339 e. The van der Waals surface area contributed by atoms with E-state index in [1.807, 2.05) is 0 Å². The predicted molar refractivity (Wildman–Crippen MR) is 62.2 cm³/mol. The van der Waals surface area contributed by atoms with Crippen molar-refractivity contribution >= 4 is 5.91 Å². The average molecular weight is 223 g/mol. The van der Waals surface area contributed by atoms with E-state index in [2.05, 4.69) is 15.1 Å². The number of rotatable bonds is 2. The smallest absolute Gasteiger partial charge is 0.239 e. The van der Waals surface area contributed by atoms with E-state index in [1.165, 1.54) is 12.8 Å². The second kappa shape index (κ2) is 4.34. The first-order chi connectivity index (χ1) is 7.84. The van der Waals surface area contributed by atoms with Gasteiger partial charge < -0.3 is 10.2 Å². The van der Waals surface area contributed by atoms with E-state index in [1.54, 1.807) is 0 Å². The summed E-state index contributed by atoms with van der Waals surface area (Å²) in [6, 6.07) is 0.967. The molecule has 0 aromatic carbocycles. The van der Waals surface area contributed by atoms with Crippen LogP contribution in [-0.2, 0) is 4.79 Å². The molecule has 90 valence electrons. The van der Waals surface area contributed by atoms with Gasteiger partial charge in [-0.25, -0.2) is 0 Å². The number of nitrogens with zero attached hydrogens (tertiary/aromatic N) is 2. The number of piperazine rings is 1. The van der Waals surface area contributed by atoms with Gasteiger partial charge >= 0.3 is 0 Å². The molecule has 2 heterocycles. The first-order valence-corrected chi connectivity index (χ1v) is 6.61. The summed E-state index contributed by atoms with van der Waals surface area (Å²) in [6.07, 6.45) is 4.93. The molecule has 16 heavy (non-hydrogen) atoms. The van der Waals surface area contributed by atoms with Crippen LogP contribution in [0.15, 0.2) is 0 Å². The van der Waals surface area contributed by atoms with Crippen LogP contribution in [0.5, 0.6) is 0 Å². The maximum atomic E-state index is 12.1. The number of carbonyl (C=O) groups is 1. The Bertz CT molecular complexity index is 263. The monoisotopic (exact) mass is 223 g/mol. The summed E-state index contributed by atoms with van der Waals surface area (Å²) in [4.78, 5) is 16.7. The summed E-state index contributed by atoms with van der Waals surface area (Å²) in [5, 5.41) is 3.30. The minimum absolute atomic E-state index is 0.118. The summed E-state index contributed by atoms with van der Waals surface area (Å²) < 4.78 is 0. The molecule has 1 atom stereocenters. The maximum Gasteiger partial charge on any atom is 0.239 e. The molecule has 3 aliphatic rings. The van der Waals surface area contributed by atoms with Crippen molar-refractivity contribution in [1.82, 2.24) is 15.1 Å². The number of hydrogen-bond donors (Lipinski definition) is 1. The fourth-order valence-corrected chi connectivity index (χ4v) is 2.86. The molecule has 1 amide bonds. The Morgan fingerprint density at radius 1 is 1.06 bits per heavy atom. The van der Waals surface area contributed by atoms with Crippen LogP contribution in [0.3, 0.4) is 0 Å². The highest BCUT2D eigenvalue weighted by Crippen LogP contribution is 2.27. The van der Waals surface area contributed by atoms with Gasteiger partial charge in [0.2, 0.25) is 5.91 Å². The Hall–Kier alpha value is -0.610. The Labute approximate surface area is 97.0 Å². The molecule has 0 aromatic rings. The lowest BCUT2D eigenvalue weighted by molar-refractivity contribution is -0.134. The molecule has 2 aliphatic heterocycles. The van der Waals surface area contributed by atoms with Crippen molar-refractivity contribution in [2.45, 2.75) is 37.8 Å². The van der Waals surface area contributed by atoms with Crippen molar-refractivity contribution in [2.75, 3.05) is 32.7 Å². The molecule has 0 aromatic heterocycles. The van der Waals surface area contributed by atoms with E-state index in [0.29, 0.717) is 5.91 Å². The summed E-state index contributed by atoms with van der Waals surface area (Å²) in [6.45, 7) is 5.06. The van der Waals surface area contributed by atoms with Crippen molar-refractivity contribution in [3.8, 4) is 0 Å². The van der Waals surface area contributed by atoms with Crippen molar-refractivity contribution in [2.24, 2.45) is 0 Å². The highest BCUT2D eigenvalue weighted by molar-refractivity contribution is 5.82. The Morgan fingerprint density at radius 2 is 1.81 bits per heavy atom. The van der Waals surface area contributed by atoms with Crippen molar-refractivity contribution < 1.29 is 4.79 Å². The third kappa shape index (κ3) is 2.09. The lowest BCUT2D eigenvalue weighted by Gasteiger charge is -2.36. The molecule has 1 N–H and O–H groups in total. The normalized spacial score (nSPS) is 32.0. The van der Waals surface area contributed by atoms with Gasteiger partial charge in [-0.2, -0.15) is 0 Å². The Balaban J connectivity index is 1.50. The van der Waals surface area contributed by atoms with Gasteiger partial charge in [0.1, 0.15) is 0 Å². The topological polar surface area (TPSA) is 35.6 Å². The maximum absolute atomic E-state index is 12.1. The molecule has 2 saturated heterocycles. The SMILES string of the molecule is O=C(C1CCCN1)N1CCN(C2CC2)CC1. The predicted octanol–water partition coefficient (Wildman–Crippen LogP) is 0.0450. The van der Waals surface area contributed by atoms with E-state index >= 15 is 0 Å². The largest absolute Gasteiger partial charge is 0.339 e. The average Bonchev–Trinajstić information content (AvgIpc) is 3.04. The van der Waals surface area contributed by atoms with Gasteiger partial charge in [0.05, 0.1) is 6.04 Å². The lowest BCUT2D eigenvalue weighted by Crippen LogP contribution is -2.53. The standard InChI is InChI=1S/C12H21N3O/c16-12(11-2-1-5-13-11)15-8-6-14(7-9-15)10-3-4-10/h10-11,13H,1-9H2. The molecule has 1 saturated carbocycles. The molecule has 0 radical (unpaired) electrons. The number of nitrogens with one attached hydrogen (secondary N) is 1. The van der Waals surface area contributed by atoms with Gasteiger partial charge in [-0.1, -0.05) is 0 Å². The first kappa shape index (κ1) is 10.5. The zero-order chi connectivity index (χ0) is 11.0. The summed E-state index contributed by atoms with van der Waals surface area (Å²) in [7, 11) is 0. The summed E-state index contributed by atoms with van der Waals surface area (Å²) in [5.74, 6) is 0.341. The van der Waals surface area contributed by atoms with Gasteiger partial charge in [-0.05, 0) is 32.2 Å². The van der Waals surface area contributed by atoms with E-state index in [4.69, 9.17) is 0 Å². The zero-order valence-electron chi connectivity index (χ0n) is 9.82. The lowest BCUT2D eigenvalue weighted by atomic mass is 10.2. The van der Waals surface area contributed by atoms with Crippen LogP contribution < -0.4 is 5.32 Å². The molecule has 1 unspecified atom stereocenters.